The molecule has 6 rings (SSSR count). The lowest BCUT2D eigenvalue weighted by molar-refractivity contribution is -0.164. The van der Waals surface area contributed by atoms with E-state index < -0.39 is 29.7 Å². The molecule has 2 fully saturated rings. The van der Waals surface area contributed by atoms with Gasteiger partial charge in [0.05, 0.1) is 21.7 Å². The fraction of sp³-hybridized carbons (Fsp3) is 0.368. The summed E-state index contributed by atoms with van der Waals surface area (Å²) in [6.07, 6.45) is 0.707. The maximum Gasteiger partial charge on any atom is 0.262 e. The molecule has 13 heteroatoms. The van der Waals surface area contributed by atoms with Gasteiger partial charge in [0, 0.05) is 59.4 Å². The van der Waals surface area contributed by atoms with E-state index in [0.29, 0.717) is 40.7 Å². The molecule has 2 heterocycles. The van der Waals surface area contributed by atoms with Crippen LogP contribution in [-0.4, -0.2) is 65.7 Å². The minimum Gasteiger partial charge on any atom is -0.489 e. The molecule has 0 aromatic heterocycles. The number of ether oxygens (including phenoxy) is 1. The van der Waals surface area contributed by atoms with Gasteiger partial charge in [0.25, 0.3) is 17.7 Å². The summed E-state index contributed by atoms with van der Waals surface area (Å²) in [5.41, 5.74) is 2.16. The molecule has 1 saturated heterocycles. The monoisotopic (exact) mass is 710 g/mol. The number of benzene rings is 3. The smallest absolute Gasteiger partial charge is 0.262 e. The van der Waals surface area contributed by atoms with E-state index in [1.54, 1.807) is 48.5 Å². The van der Waals surface area contributed by atoms with Crippen LogP contribution in [0.4, 0.5) is 11.4 Å². The number of imide groups is 2. The first kappa shape index (κ1) is 35.4. The van der Waals surface area contributed by atoms with Crippen LogP contribution in [0.3, 0.4) is 0 Å². The van der Waals surface area contributed by atoms with Crippen molar-refractivity contribution in [3.63, 3.8) is 0 Å². The van der Waals surface area contributed by atoms with E-state index in [-0.39, 0.29) is 52.9 Å². The predicted molar refractivity (Wildman–Crippen MR) is 191 cm³/mol. The molecule has 4 N–H and O–H groups in total. The van der Waals surface area contributed by atoms with Crippen molar-refractivity contribution in [3.8, 4) is 11.8 Å². The number of halogens is 1. The highest BCUT2D eigenvalue weighted by Gasteiger charge is 2.64. The van der Waals surface area contributed by atoms with E-state index in [4.69, 9.17) is 21.6 Å². The fourth-order valence-corrected chi connectivity index (χ4v) is 7.90. The number of nitrogens with one attached hydrogen (secondary N) is 4. The third-order valence-electron chi connectivity index (χ3n) is 10.0. The van der Waals surface area contributed by atoms with E-state index >= 15 is 0 Å². The van der Waals surface area contributed by atoms with Crippen molar-refractivity contribution in [1.82, 2.24) is 15.5 Å². The van der Waals surface area contributed by atoms with E-state index in [1.807, 2.05) is 18.2 Å². The van der Waals surface area contributed by atoms with Crippen LogP contribution < -0.4 is 26.0 Å². The molecule has 1 aliphatic carbocycles. The van der Waals surface area contributed by atoms with Gasteiger partial charge < -0.3 is 20.7 Å². The summed E-state index contributed by atoms with van der Waals surface area (Å²) in [4.78, 5) is 64.0. The minimum absolute atomic E-state index is 0.0681. The van der Waals surface area contributed by atoms with E-state index in [9.17, 15) is 24.0 Å². The van der Waals surface area contributed by atoms with Crippen LogP contribution in [0.15, 0.2) is 60.7 Å². The summed E-state index contributed by atoms with van der Waals surface area (Å²) in [5, 5.41) is 21.5. The summed E-state index contributed by atoms with van der Waals surface area (Å²) in [5.74, 6) is -1.74. The Bertz CT molecular complexity index is 1950. The molecule has 3 aromatic rings. The Labute approximate surface area is 300 Å². The molecule has 1 saturated carbocycles. The molecule has 1 atom stereocenters. The number of fused-ring (bicyclic) bond motifs is 1. The SMILES string of the molecule is CC1(C)C(NC(=O)c2ccc(NCCCNc3ccc4c(c3)C(=O)N(C3CCC(=O)NC3=O)C4=O)cc2)C(C)(C)C1Oc1ccc(C#N)c(Cl)c1. The van der Waals surface area contributed by atoms with Gasteiger partial charge in [0.1, 0.15) is 24.0 Å². The zero-order chi connectivity index (χ0) is 36.7. The van der Waals surface area contributed by atoms with Gasteiger partial charge in [0.2, 0.25) is 11.8 Å². The second-order valence-electron chi connectivity index (χ2n) is 14.3. The maximum atomic E-state index is 13.3. The van der Waals surface area contributed by atoms with Crippen molar-refractivity contribution in [1.29, 1.82) is 5.26 Å². The quantitative estimate of drug-likeness (QED) is 0.156. The minimum atomic E-state index is -1.00. The van der Waals surface area contributed by atoms with Crippen LogP contribution in [-0.2, 0) is 9.59 Å². The van der Waals surface area contributed by atoms with Gasteiger partial charge in [-0.1, -0.05) is 39.3 Å². The number of rotatable bonds is 11. The second-order valence-corrected chi connectivity index (χ2v) is 14.7. The third kappa shape index (κ3) is 6.73. The third-order valence-corrected chi connectivity index (χ3v) is 10.3. The fourth-order valence-electron chi connectivity index (χ4n) is 7.68. The van der Waals surface area contributed by atoms with Gasteiger partial charge in [-0.3, -0.25) is 34.2 Å². The summed E-state index contributed by atoms with van der Waals surface area (Å²) in [6.45, 7) is 9.46. The molecule has 0 bridgehead atoms. The molecule has 12 nitrogen and oxygen atoms in total. The zero-order valence-corrected chi connectivity index (χ0v) is 29.5. The predicted octanol–water partition coefficient (Wildman–Crippen LogP) is 5.14. The Morgan fingerprint density at radius 3 is 2.22 bits per heavy atom. The number of nitrogens with zero attached hydrogens (tertiary/aromatic N) is 2. The van der Waals surface area contributed by atoms with Crippen molar-refractivity contribution in [2.45, 2.75) is 65.1 Å². The summed E-state index contributed by atoms with van der Waals surface area (Å²) < 4.78 is 6.32. The molecule has 264 valence electrons. The molecule has 3 aliphatic rings. The number of hydrogen-bond donors (Lipinski definition) is 4. The van der Waals surface area contributed by atoms with E-state index in [1.165, 1.54) is 0 Å². The molecule has 3 aromatic carbocycles. The van der Waals surface area contributed by atoms with E-state index in [2.05, 4.69) is 49.0 Å². The summed E-state index contributed by atoms with van der Waals surface area (Å²) in [6, 6.07) is 18.1. The molecule has 0 radical (unpaired) electrons. The molecule has 2 aliphatic heterocycles. The number of hydrogen-bond acceptors (Lipinski definition) is 9. The number of piperidine rings is 1. The molecule has 51 heavy (non-hydrogen) atoms. The Hall–Kier alpha value is -5.41. The lowest BCUT2D eigenvalue weighted by Crippen LogP contribution is -2.74. The first-order valence-corrected chi connectivity index (χ1v) is 17.2. The van der Waals surface area contributed by atoms with Gasteiger partial charge in [-0.05, 0) is 67.4 Å². The Morgan fingerprint density at radius 1 is 0.922 bits per heavy atom. The van der Waals surface area contributed by atoms with Crippen LogP contribution in [0.5, 0.6) is 5.75 Å². The molecular formula is C38H39ClN6O6. The Kier molecular flexibility index (Phi) is 9.53. The number of amides is 5. The van der Waals surface area contributed by atoms with Gasteiger partial charge >= 0.3 is 0 Å². The summed E-state index contributed by atoms with van der Waals surface area (Å²) >= 11 is 6.21. The highest BCUT2D eigenvalue weighted by atomic mass is 35.5. The van der Waals surface area contributed by atoms with Crippen molar-refractivity contribution < 1.29 is 28.7 Å². The van der Waals surface area contributed by atoms with Crippen molar-refractivity contribution in [2.75, 3.05) is 23.7 Å². The van der Waals surface area contributed by atoms with Crippen LogP contribution >= 0.6 is 11.6 Å². The lowest BCUT2D eigenvalue weighted by atomic mass is 9.49. The number of carbonyl (C=O) groups excluding carboxylic acids is 5. The maximum absolute atomic E-state index is 13.3. The van der Waals surface area contributed by atoms with Crippen LogP contribution in [0.25, 0.3) is 0 Å². The lowest BCUT2D eigenvalue weighted by Gasteiger charge is -2.63. The van der Waals surface area contributed by atoms with Gasteiger partial charge in [-0.25, -0.2) is 0 Å². The largest absolute Gasteiger partial charge is 0.489 e. The second kappa shape index (κ2) is 13.7. The van der Waals surface area contributed by atoms with Crippen molar-refractivity contribution >= 4 is 52.5 Å². The van der Waals surface area contributed by atoms with Crippen molar-refractivity contribution in [3.05, 3.63) is 87.9 Å². The summed E-state index contributed by atoms with van der Waals surface area (Å²) in [7, 11) is 0. The Morgan fingerprint density at radius 2 is 1.57 bits per heavy atom. The van der Waals surface area contributed by atoms with Gasteiger partial charge in [0.15, 0.2) is 0 Å². The zero-order valence-electron chi connectivity index (χ0n) is 28.8. The molecule has 0 spiro atoms. The number of anilines is 2. The van der Waals surface area contributed by atoms with Crippen LogP contribution in [0.1, 0.15) is 83.6 Å². The normalized spacial score (nSPS) is 21.6. The molecule has 5 amide bonds. The van der Waals surface area contributed by atoms with Gasteiger partial charge in [-0.15, -0.1) is 0 Å². The Balaban J connectivity index is 0.962. The number of nitriles is 1. The first-order chi connectivity index (χ1) is 24.2. The topological polar surface area (TPSA) is 170 Å². The van der Waals surface area contributed by atoms with Crippen LogP contribution in [0.2, 0.25) is 5.02 Å². The average Bonchev–Trinajstić information content (AvgIpc) is 3.34. The van der Waals surface area contributed by atoms with E-state index in [0.717, 1.165) is 17.0 Å². The van der Waals surface area contributed by atoms with Crippen LogP contribution in [0, 0.1) is 22.2 Å². The first-order valence-electron chi connectivity index (χ1n) is 16.8. The highest BCUT2D eigenvalue weighted by Crippen LogP contribution is 2.55. The van der Waals surface area contributed by atoms with Gasteiger partial charge in [-0.2, -0.15) is 5.26 Å². The average molecular weight is 711 g/mol. The molecular weight excluding hydrogens is 672 g/mol. The number of carbonyl (C=O) groups is 5. The molecule has 1 unspecified atom stereocenters. The highest BCUT2D eigenvalue weighted by molar-refractivity contribution is 6.31. The van der Waals surface area contributed by atoms with Crippen molar-refractivity contribution in [2.24, 2.45) is 10.8 Å². The standard InChI is InChI=1S/C38H39ClN6O6/c1-37(2)35(38(3,4)36(37)51-25-12-8-22(20-40)28(39)19-25)44-31(47)21-6-9-23(10-7-21)41-16-5-17-42-24-11-13-26-27(18-24)34(50)45(33(26)49)29-14-15-30(46)43-32(29)48/h6-13,18-19,29,35-36,41-42H,5,14-17H2,1-4H3,(H,44,47)(H,43,46,48).